The molecule has 0 saturated carbocycles. The number of para-hydroxylation sites is 2. The van der Waals surface area contributed by atoms with Crippen molar-refractivity contribution in [1.29, 1.82) is 0 Å². The Morgan fingerprint density at radius 2 is 2.04 bits per heavy atom. The Balaban J connectivity index is 1.88. The second-order valence-electron chi connectivity index (χ2n) is 5.49. The number of anilines is 1. The SMILES string of the molecule is COc1ccccc1N1CSC=C1c1c(C)nc2c(Br)cccn12. The Bertz CT molecular complexity index is 951. The van der Waals surface area contributed by atoms with Gasteiger partial charge in [0.2, 0.25) is 0 Å². The number of thioether (sulfide) groups is 1. The summed E-state index contributed by atoms with van der Waals surface area (Å²) < 4.78 is 8.69. The average Bonchev–Trinajstić information content (AvgIpc) is 3.19. The van der Waals surface area contributed by atoms with Crippen molar-refractivity contribution in [3.05, 3.63) is 63.9 Å². The number of rotatable bonds is 3. The first-order chi connectivity index (χ1) is 11.7. The van der Waals surface area contributed by atoms with E-state index < -0.39 is 0 Å². The van der Waals surface area contributed by atoms with Crippen molar-refractivity contribution in [2.45, 2.75) is 6.92 Å². The van der Waals surface area contributed by atoms with Crippen molar-refractivity contribution in [3.63, 3.8) is 0 Å². The Morgan fingerprint density at radius 1 is 1.21 bits per heavy atom. The van der Waals surface area contributed by atoms with Crippen LogP contribution in [0.25, 0.3) is 11.3 Å². The number of imidazole rings is 1. The molecule has 3 aromatic rings. The first kappa shape index (κ1) is 15.6. The molecule has 2 aromatic heterocycles. The number of nitrogens with zero attached hydrogens (tertiary/aromatic N) is 3. The summed E-state index contributed by atoms with van der Waals surface area (Å²) in [5.74, 6) is 1.73. The Labute approximate surface area is 153 Å². The van der Waals surface area contributed by atoms with Gasteiger partial charge in [0, 0.05) is 6.20 Å². The highest BCUT2D eigenvalue weighted by molar-refractivity contribution is 9.10. The number of hydrogen-bond acceptors (Lipinski definition) is 4. The molecule has 1 aromatic carbocycles. The van der Waals surface area contributed by atoms with E-state index >= 15 is 0 Å². The zero-order valence-corrected chi connectivity index (χ0v) is 15.8. The summed E-state index contributed by atoms with van der Waals surface area (Å²) in [7, 11) is 1.71. The van der Waals surface area contributed by atoms with Gasteiger partial charge in [-0.1, -0.05) is 12.1 Å². The summed E-state index contributed by atoms with van der Waals surface area (Å²) in [6.07, 6.45) is 2.06. The maximum Gasteiger partial charge on any atom is 0.151 e. The number of hydrogen-bond donors (Lipinski definition) is 0. The fourth-order valence-electron chi connectivity index (χ4n) is 3.02. The topological polar surface area (TPSA) is 29.8 Å². The molecule has 24 heavy (non-hydrogen) atoms. The fourth-order valence-corrected chi connectivity index (χ4v) is 4.35. The maximum atomic E-state index is 5.55. The molecular weight excluding hydrogens is 386 g/mol. The molecule has 6 heteroatoms. The van der Waals surface area contributed by atoms with E-state index in [2.05, 4.69) is 49.8 Å². The molecule has 0 radical (unpaired) electrons. The second kappa shape index (κ2) is 6.18. The van der Waals surface area contributed by atoms with Gasteiger partial charge in [-0.2, -0.15) is 0 Å². The fraction of sp³-hybridized carbons (Fsp3) is 0.167. The van der Waals surface area contributed by atoms with Crippen molar-refractivity contribution in [1.82, 2.24) is 9.38 Å². The number of ether oxygens (including phenoxy) is 1. The first-order valence-electron chi connectivity index (χ1n) is 7.56. The summed E-state index contributed by atoms with van der Waals surface area (Å²) in [5.41, 5.74) is 5.27. The third kappa shape index (κ3) is 2.41. The van der Waals surface area contributed by atoms with Gasteiger partial charge in [-0.3, -0.25) is 4.40 Å². The smallest absolute Gasteiger partial charge is 0.151 e. The van der Waals surface area contributed by atoms with Gasteiger partial charge >= 0.3 is 0 Å². The van der Waals surface area contributed by atoms with Gasteiger partial charge in [-0.15, -0.1) is 11.8 Å². The quantitative estimate of drug-likeness (QED) is 0.622. The molecule has 1 aliphatic rings. The lowest BCUT2D eigenvalue weighted by Gasteiger charge is -2.24. The van der Waals surface area contributed by atoms with Crippen LogP contribution in [0.2, 0.25) is 0 Å². The minimum absolute atomic E-state index is 0.858. The molecule has 0 bridgehead atoms. The molecule has 122 valence electrons. The van der Waals surface area contributed by atoms with E-state index in [9.17, 15) is 0 Å². The summed E-state index contributed by atoms with van der Waals surface area (Å²) in [4.78, 5) is 7.01. The van der Waals surface area contributed by atoms with E-state index in [4.69, 9.17) is 9.72 Å². The molecule has 0 aliphatic carbocycles. The standard InChI is InChI=1S/C18H16BrN3OS/c1-12-17(21-9-5-6-13(19)18(21)20-12)15-10-24-11-22(15)14-7-3-4-8-16(14)23-2/h3-10H,11H2,1-2H3. The highest BCUT2D eigenvalue weighted by Gasteiger charge is 2.26. The first-order valence-corrected chi connectivity index (χ1v) is 9.40. The Morgan fingerprint density at radius 3 is 2.88 bits per heavy atom. The Kier molecular flexibility index (Phi) is 4.02. The number of aryl methyl sites for hydroxylation is 1. The molecule has 0 N–H and O–H groups in total. The largest absolute Gasteiger partial charge is 0.495 e. The van der Waals surface area contributed by atoms with Crippen molar-refractivity contribution >= 4 is 44.7 Å². The summed E-state index contributed by atoms with van der Waals surface area (Å²) in [6, 6.07) is 12.2. The van der Waals surface area contributed by atoms with E-state index in [0.717, 1.165) is 44.5 Å². The van der Waals surface area contributed by atoms with Gasteiger partial charge in [-0.05, 0) is 52.5 Å². The predicted octanol–water partition coefficient (Wildman–Crippen LogP) is 4.92. The van der Waals surface area contributed by atoms with Crippen LogP contribution >= 0.6 is 27.7 Å². The van der Waals surface area contributed by atoms with E-state index in [1.54, 1.807) is 18.9 Å². The van der Waals surface area contributed by atoms with Crippen LogP contribution in [-0.2, 0) is 0 Å². The molecule has 1 aliphatic heterocycles. The maximum absolute atomic E-state index is 5.55. The van der Waals surface area contributed by atoms with Gasteiger partial charge in [0.25, 0.3) is 0 Å². The molecule has 4 rings (SSSR count). The molecular formula is C18H16BrN3OS. The van der Waals surface area contributed by atoms with Crippen molar-refractivity contribution in [3.8, 4) is 5.75 Å². The minimum atomic E-state index is 0.858. The molecule has 3 heterocycles. The number of benzene rings is 1. The van der Waals surface area contributed by atoms with Gasteiger partial charge in [0.05, 0.1) is 40.2 Å². The molecule has 0 unspecified atom stereocenters. The van der Waals surface area contributed by atoms with Crippen LogP contribution < -0.4 is 9.64 Å². The highest BCUT2D eigenvalue weighted by atomic mass is 79.9. The molecule has 4 nitrogen and oxygen atoms in total. The molecule has 0 spiro atoms. The monoisotopic (exact) mass is 401 g/mol. The zero-order chi connectivity index (χ0) is 16.7. The van der Waals surface area contributed by atoms with Gasteiger partial charge in [0.1, 0.15) is 5.75 Å². The van der Waals surface area contributed by atoms with Crippen LogP contribution in [0.15, 0.2) is 52.5 Å². The number of methoxy groups -OCH3 is 1. The number of aromatic nitrogens is 2. The van der Waals surface area contributed by atoms with Crippen molar-refractivity contribution < 1.29 is 4.74 Å². The van der Waals surface area contributed by atoms with Crippen LogP contribution in [0.4, 0.5) is 5.69 Å². The lowest BCUT2D eigenvalue weighted by molar-refractivity contribution is 0.415. The van der Waals surface area contributed by atoms with Crippen LogP contribution in [0.3, 0.4) is 0 Å². The highest BCUT2D eigenvalue weighted by Crippen LogP contribution is 2.41. The van der Waals surface area contributed by atoms with E-state index in [1.807, 2.05) is 30.3 Å². The predicted molar refractivity (Wildman–Crippen MR) is 104 cm³/mol. The summed E-state index contributed by atoms with van der Waals surface area (Å²) >= 11 is 5.37. The third-order valence-corrected chi connectivity index (χ3v) is 5.50. The van der Waals surface area contributed by atoms with Gasteiger partial charge < -0.3 is 9.64 Å². The number of halogens is 1. The van der Waals surface area contributed by atoms with E-state index in [0.29, 0.717) is 0 Å². The summed E-state index contributed by atoms with van der Waals surface area (Å²) in [5, 5.41) is 2.20. The van der Waals surface area contributed by atoms with Crippen LogP contribution in [0.5, 0.6) is 5.75 Å². The average molecular weight is 402 g/mol. The second-order valence-corrected chi connectivity index (χ2v) is 7.18. The molecule has 0 amide bonds. The third-order valence-electron chi connectivity index (χ3n) is 4.08. The van der Waals surface area contributed by atoms with Crippen LogP contribution in [0.1, 0.15) is 11.4 Å². The minimum Gasteiger partial charge on any atom is -0.495 e. The van der Waals surface area contributed by atoms with Crippen molar-refractivity contribution in [2.75, 3.05) is 17.9 Å². The number of pyridine rings is 1. The normalized spacial score (nSPS) is 14.3. The molecule has 0 saturated heterocycles. The van der Waals surface area contributed by atoms with Crippen molar-refractivity contribution in [2.24, 2.45) is 0 Å². The van der Waals surface area contributed by atoms with Crippen LogP contribution in [0, 0.1) is 6.92 Å². The zero-order valence-electron chi connectivity index (χ0n) is 13.4. The Hall–Kier alpha value is -1.92. The van der Waals surface area contributed by atoms with Gasteiger partial charge in [0.15, 0.2) is 5.65 Å². The van der Waals surface area contributed by atoms with Crippen LogP contribution in [-0.4, -0.2) is 22.4 Å². The lowest BCUT2D eigenvalue weighted by Crippen LogP contribution is -2.19. The van der Waals surface area contributed by atoms with Gasteiger partial charge in [-0.25, -0.2) is 4.98 Å². The molecule has 0 fully saturated rings. The molecule has 0 atom stereocenters. The summed E-state index contributed by atoms with van der Waals surface area (Å²) in [6.45, 7) is 2.05. The van der Waals surface area contributed by atoms with E-state index in [-0.39, 0.29) is 0 Å². The van der Waals surface area contributed by atoms with E-state index in [1.165, 1.54) is 0 Å². The lowest BCUT2D eigenvalue weighted by atomic mass is 10.2. The number of fused-ring (bicyclic) bond motifs is 1.